The fourth-order valence-electron chi connectivity index (χ4n) is 2.51. The fourth-order valence-corrected chi connectivity index (χ4v) is 2.51. The molecule has 0 fully saturated rings. The third-order valence-electron chi connectivity index (χ3n) is 4.00. The molecule has 0 bridgehead atoms. The van der Waals surface area contributed by atoms with Crippen LogP contribution in [0.2, 0.25) is 0 Å². The number of halogens is 1. The molecule has 0 spiro atoms. The Morgan fingerprint density at radius 3 is 2.22 bits per heavy atom. The van der Waals surface area contributed by atoms with E-state index in [2.05, 4.69) is 5.32 Å². The molecule has 144 valence electrons. The van der Waals surface area contributed by atoms with Crippen LogP contribution in [0.5, 0.6) is 11.5 Å². The number of methoxy groups -OCH3 is 2. The average Bonchev–Trinajstić information content (AvgIpc) is 2.67. The molecule has 0 aliphatic rings. The third-order valence-corrected chi connectivity index (χ3v) is 4.00. The van der Waals surface area contributed by atoms with Crippen LogP contribution in [0.15, 0.2) is 42.5 Å². The van der Waals surface area contributed by atoms with Crippen LogP contribution >= 0.6 is 0 Å². The highest BCUT2D eigenvalue weighted by molar-refractivity contribution is 5.83. The summed E-state index contributed by atoms with van der Waals surface area (Å²) in [6.07, 6.45) is 0. The molecule has 0 heterocycles. The van der Waals surface area contributed by atoms with Gasteiger partial charge in [0.15, 0.2) is 11.5 Å². The molecule has 2 amide bonds. The van der Waals surface area contributed by atoms with Crippen molar-refractivity contribution in [3.63, 3.8) is 0 Å². The molecular formula is C20H23FN2O4. The molecule has 0 radical (unpaired) electrons. The summed E-state index contributed by atoms with van der Waals surface area (Å²) in [6.45, 7) is 1.84. The van der Waals surface area contributed by atoms with Gasteiger partial charge >= 0.3 is 0 Å². The van der Waals surface area contributed by atoms with Crippen LogP contribution in [0.3, 0.4) is 0 Å². The van der Waals surface area contributed by atoms with Gasteiger partial charge in [0.25, 0.3) is 0 Å². The van der Waals surface area contributed by atoms with Crippen LogP contribution < -0.4 is 14.8 Å². The molecule has 0 aliphatic carbocycles. The van der Waals surface area contributed by atoms with Gasteiger partial charge in [-0.2, -0.15) is 0 Å². The number of carbonyl (C=O) groups is 2. The lowest BCUT2D eigenvalue weighted by molar-refractivity contribution is -0.135. The first-order valence-electron chi connectivity index (χ1n) is 8.40. The molecule has 1 N–H and O–H groups in total. The first-order valence-corrected chi connectivity index (χ1v) is 8.40. The Morgan fingerprint density at radius 2 is 1.63 bits per heavy atom. The molecule has 7 heteroatoms. The Morgan fingerprint density at radius 1 is 1.00 bits per heavy atom. The number of ether oxygens (including phenoxy) is 2. The first kappa shape index (κ1) is 20.2. The van der Waals surface area contributed by atoms with E-state index in [1.54, 1.807) is 38.5 Å². The summed E-state index contributed by atoms with van der Waals surface area (Å²) in [5.74, 6) is 0.309. The molecular weight excluding hydrogens is 351 g/mol. The van der Waals surface area contributed by atoms with Crippen molar-refractivity contribution in [2.24, 2.45) is 0 Å². The zero-order chi connectivity index (χ0) is 19.8. The molecule has 2 aromatic rings. The van der Waals surface area contributed by atoms with Crippen molar-refractivity contribution in [2.45, 2.75) is 20.0 Å². The number of nitrogens with one attached hydrogen (secondary N) is 1. The van der Waals surface area contributed by atoms with Crippen LogP contribution in [-0.4, -0.2) is 37.5 Å². The second-order valence-corrected chi connectivity index (χ2v) is 5.97. The van der Waals surface area contributed by atoms with Gasteiger partial charge in [0.05, 0.1) is 20.8 Å². The summed E-state index contributed by atoms with van der Waals surface area (Å²) >= 11 is 0. The number of hydrogen-bond acceptors (Lipinski definition) is 4. The minimum absolute atomic E-state index is 0.0833. The second kappa shape index (κ2) is 9.56. The Bertz CT molecular complexity index is 793. The SMILES string of the molecule is COc1ccc(CNC(=O)CN(Cc2ccc(F)cc2)C(C)=O)cc1OC. The van der Waals surface area contributed by atoms with Crippen molar-refractivity contribution in [1.29, 1.82) is 0 Å². The van der Waals surface area contributed by atoms with E-state index in [0.717, 1.165) is 11.1 Å². The normalized spacial score (nSPS) is 10.2. The first-order chi connectivity index (χ1) is 12.9. The van der Waals surface area contributed by atoms with Gasteiger partial charge in [0.1, 0.15) is 5.82 Å². The Hall–Kier alpha value is -3.09. The monoisotopic (exact) mass is 374 g/mol. The van der Waals surface area contributed by atoms with E-state index < -0.39 is 0 Å². The standard InChI is InChI=1S/C20H23FN2O4/c1-14(24)23(12-15-4-7-17(21)8-5-15)13-20(25)22-11-16-6-9-18(26-2)19(10-16)27-3/h4-10H,11-13H2,1-3H3,(H,22,25). The predicted molar refractivity (Wildman–Crippen MR) is 98.9 cm³/mol. The van der Waals surface area contributed by atoms with Crippen molar-refractivity contribution in [2.75, 3.05) is 20.8 Å². The predicted octanol–water partition coefficient (Wildman–Crippen LogP) is 2.51. The number of nitrogens with zero attached hydrogens (tertiary/aromatic N) is 1. The van der Waals surface area contributed by atoms with Crippen LogP contribution in [0.4, 0.5) is 4.39 Å². The summed E-state index contributed by atoms with van der Waals surface area (Å²) in [4.78, 5) is 25.5. The molecule has 0 atom stereocenters. The fraction of sp³-hybridized carbons (Fsp3) is 0.300. The Balaban J connectivity index is 1.94. The van der Waals surface area contributed by atoms with Gasteiger partial charge in [-0.1, -0.05) is 18.2 Å². The number of rotatable bonds is 8. The highest BCUT2D eigenvalue weighted by Gasteiger charge is 2.14. The maximum Gasteiger partial charge on any atom is 0.239 e. The zero-order valence-electron chi connectivity index (χ0n) is 15.6. The van der Waals surface area contributed by atoms with Gasteiger partial charge in [-0.3, -0.25) is 9.59 Å². The minimum Gasteiger partial charge on any atom is -0.493 e. The Kier molecular flexibility index (Phi) is 7.16. The van der Waals surface area contributed by atoms with E-state index in [-0.39, 0.29) is 30.7 Å². The van der Waals surface area contributed by atoms with E-state index in [1.165, 1.54) is 24.0 Å². The maximum atomic E-state index is 13.0. The second-order valence-electron chi connectivity index (χ2n) is 5.97. The van der Waals surface area contributed by atoms with Gasteiger partial charge < -0.3 is 19.7 Å². The molecule has 0 aromatic heterocycles. The Labute approximate surface area is 157 Å². The topological polar surface area (TPSA) is 67.9 Å². The van der Waals surface area contributed by atoms with Gasteiger partial charge in [0.2, 0.25) is 11.8 Å². The van der Waals surface area contributed by atoms with Crippen LogP contribution in [-0.2, 0) is 22.7 Å². The maximum absolute atomic E-state index is 13.0. The quantitative estimate of drug-likeness (QED) is 0.771. The van der Waals surface area contributed by atoms with Crippen molar-refractivity contribution in [3.8, 4) is 11.5 Å². The molecule has 0 saturated carbocycles. The molecule has 2 aromatic carbocycles. The summed E-state index contributed by atoms with van der Waals surface area (Å²) in [7, 11) is 3.09. The van der Waals surface area contributed by atoms with Gasteiger partial charge in [-0.05, 0) is 35.4 Å². The highest BCUT2D eigenvalue weighted by atomic mass is 19.1. The van der Waals surface area contributed by atoms with Crippen LogP contribution in [0, 0.1) is 5.82 Å². The van der Waals surface area contributed by atoms with Gasteiger partial charge in [-0.25, -0.2) is 4.39 Å². The minimum atomic E-state index is -0.346. The van der Waals surface area contributed by atoms with E-state index in [9.17, 15) is 14.0 Å². The molecule has 6 nitrogen and oxygen atoms in total. The molecule has 0 unspecified atom stereocenters. The molecule has 0 saturated heterocycles. The lowest BCUT2D eigenvalue weighted by Gasteiger charge is -2.20. The summed E-state index contributed by atoms with van der Waals surface area (Å²) in [6, 6.07) is 11.2. The van der Waals surface area contributed by atoms with Crippen molar-refractivity contribution in [1.82, 2.24) is 10.2 Å². The largest absolute Gasteiger partial charge is 0.493 e. The lowest BCUT2D eigenvalue weighted by Crippen LogP contribution is -2.39. The molecule has 2 rings (SSSR count). The van der Waals surface area contributed by atoms with Crippen molar-refractivity contribution in [3.05, 3.63) is 59.4 Å². The number of amides is 2. The van der Waals surface area contributed by atoms with Crippen LogP contribution in [0.25, 0.3) is 0 Å². The summed E-state index contributed by atoms with van der Waals surface area (Å²) in [5.41, 5.74) is 1.59. The lowest BCUT2D eigenvalue weighted by atomic mass is 10.2. The van der Waals surface area contributed by atoms with E-state index in [4.69, 9.17) is 9.47 Å². The average molecular weight is 374 g/mol. The van der Waals surface area contributed by atoms with Crippen LogP contribution in [0.1, 0.15) is 18.1 Å². The third kappa shape index (κ3) is 5.99. The number of carbonyl (C=O) groups excluding carboxylic acids is 2. The van der Waals surface area contributed by atoms with Crippen molar-refractivity contribution < 1.29 is 23.5 Å². The van der Waals surface area contributed by atoms with Gasteiger partial charge in [0, 0.05) is 20.0 Å². The summed E-state index contributed by atoms with van der Waals surface area (Å²) < 4.78 is 23.4. The highest BCUT2D eigenvalue weighted by Crippen LogP contribution is 2.27. The van der Waals surface area contributed by atoms with Crippen molar-refractivity contribution >= 4 is 11.8 Å². The zero-order valence-corrected chi connectivity index (χ0v) is 15.6. The van der Waals surface area contributed by atoms with E-state index in [1.807, 2.05) is 6.07 Å². The summed E-state index contributed by atoms with van der Waals surface area (Å²) in [5, 5.41) is 2.78. The van der Waals surface area contributed by atoms with E-state index in [0.29, 0.717) is 18.0 Å². The number of hydrogen-bond donors (Lipinski definition) is 1. The molecule has 27 heavy (non-hydrogen) atoms. The number of benzene rings is 2. The smallest absolute Gasteiger partial charge is 0.239 e. The molecule has 0 aliphatic heterocycles. The van der Waals surface area contributed by atoms with Gasteiger partial charge in [-0.15, -0.1) is 0 Å². The van der Waals surface area contributed by atoms with E-state index >= 15 is 0 Å².